The van der Waals surface area contributed by atoms with Crippen molar-refractivity contribution in [2.75, 3.05) is 38.1 Å². The lowest BCUT2D eigenvalue weighted by Gasteiger charge is -2.33. The number of amides is 2. The molecule has 1 N–H and O–H groups in total. The van der Waals surface area contributed by atoms with Gasteiger partial charge in [-0.25, -0.2) is 8.42 Å². The van der Waals surface area contributed by atoms with Crippen molar-refractivity contribution >= 4 is 27.5 Å². The second-order valence-electron chi connectivity index (χ2n) is 7.44. The van der Waals surface area contributed by atoms with Gasteiger partial charge in [0, 0.05) is 32.1 Å². The largest absolute Gasteiger partial charge is 0.482 e. The highest BCUT2D eigenvalue weighted by Crippen LogP contribution is 2.32. The summed E-state index contributed by atoms with van der Waals surface area (Å²) < 4.78 is 32.8. The number of anilines is 1. The molecule has 1 fully saturated rings. The van der Waals surface area contributed by atoms with E-state index >= 15 is 0 Å². The molecule has 160 valence electrons. The summed E-state index contributed by atoms with van der Waals surface area (Å²) in [5.41, 5.74) is 0.363. The molecule has 2 heterocycles. The second-order valence-corrected chi connectivity index (χ2v) is 9.38. The Labute approximate surface area is 172 Å². The molecule has 0 aromatic heterocycles. The molecule has 29 heavy (non-hydrogen) atoms. The van der Waals surface area contributed by atoms with Gasteiger partial charge in [0.2, 0.25) is 15.9 Å². The number of carbonyl (C=O) groups excluding carboxylic acids is 2. The lowest BCUT2D eigenvalue weighted by atomic mass is 9.96. The van der Waals surface area contributed by atoms with E-state index in [0.29, 0.717) is 43.9 Å². The van der Waals surface area contributed by atoms with Crippen molar-refractivity contribution in [2.45, 2.75) is 44.4 Å². The van der Waals surface area contributed by atoms with Gasteiger partial charge in [-0.3, -0.25) is 9.59 Å². The van der Waals surface area contributed by atoms with Crippen molar-refractivity contribution in [2.24, 2.45) is 5.92 Å². The Kier molecular flexibility index (Phi) is 6.79. The normalized spacial score (nSPS) is 17.9. The van der Waals surface area contributed by atoms with Crippen LogP contribution in [0.4, 0.5) is 5.69 Å². The van der Waals surface area contributed by atoms with Crippen LogP contribution < -0.4 is 10.1 Å². The van der Waals surface area contributed by atoms with Crippen LogP contribution in [0.1, 0.15) is 39.5 Å². The van der Waals surface area contributed by atoms with Crippen molar-refractivity contribution < 1.29 is 22.7 Å². The third kappa shape index (κ3) is 4.72. The van der Waals surface area contributed by atoms with Crippen LogP contribution in [-0.2, 0) is 19.6 Å². The van der Waals surface area contributed by atoms with E-state index in [0.717, 1.165) is 19.4 Å². The molecule has 8 nitrogen and oxygen atoms in total. The number of piperidine rings is 1. The van der Waals surface area contributed by atoms with Gasteiger partial charge in [-0.15, -0.1) is 0 Å². The lowest BCUT2D eigenvalue weighted by molar-refractivity contribution is -0.136. The van der Waals surface area contributed by atoms with Gasteiger partial charge < -0.3 is 15.0 Å². The predicted octanol–water partition coefficient (Wildman–Crippen LogP) is 2.07. The third-order valence-electron chi connectivity index (χ3n) is 5.50. The molecule has 0 unspecified atom stereocenters. The van der Waals surface area contributed by atoms with Gasteiger partial charge >= 0.3 is 0 Å². The molecule has 1 saturated heterocycles. The molecule has 2 amide bonds. The van der Waals surface area contributed by atoms with E-state index in [-0.39, 0.29) is 29.2 Å². The minimum Gasteiger partial charge on any atom is -0.482 e. The number of hydrogen-bond acceptors (Lipinski definition) is 5. The molecule has 3 rings (SSSR count). The fraction of sp³-hybridized carbons (Fsp3) is 0.600. The van der Waals surface area contributed by atoms with Gasteiger partial charge in [0.1, 0.15) is 5.75 Å². The smallest absolute Gasteiger partial charge is 0.262 e. The lowest BCUT2D eigenvalue weighted by Crippen LogP contribution is -2.44. The molecule has 2 aliphatic heterocycles. The van der Waals surface area contributed by atoms with Crippen LogP contribution >= 0.6 is 0 Å². The van der Waals surface area contributed by atoms with Crippen molar-refractivity contribution in [1.82, 2.24) is 9.21 Å². The SMILES string of the molecule is CCCCN(CC)C(=O)C1CCN(S(=O)(=O)c2ccc3c(c2)NC(=O)CO3)CC1. The summed E-state index contributed by atoms with van der Waals surface area (Å²) >= 11 is 0. The number of sulfonamides is 1. The third-order valence-corrected chi connectivity index (χ3v) is 7.39. The van der Waals surface area contributed by atoms with E-state index < -0.39 is 10.0 Å². The summed E-state index contributed by atoms with van der Waals surface area (Å²) in [6.45, 7) is 6.06. The number of unbranched alkanes of at least 4 members (excludes halogenated alkanes) is 1. The van der Waals surface area contributed by atoms with Crippen LogP contribution in [-0.4, -0.2) is 62.2 Å². The molecule has 2 aliphatic rings. The van der Waals surface area contributed by atoms with E-state index in [9.17, 15) is 18.0 Å². The molecular weight excluding hydrogens is 394 g/mol. The van der Waals surface area contributed by atoms with Crippen LogP contribution in [0.15, 0.2) is 23.1 Å². The number of fused-ring (bicyclic) bond motifs is 1. The highest BCUT2D eigenvalue weighted by Gasteiger charge is 2.34. The first-order valence-electron chi connectivity index (χ1n) is 10.2. The maximum atomic E-state index is 13.0. The van der Waals surface area contributed by atoms with Crippen LogP contribution in [0.2, 0.25) is 0 Å². The number of ether oxygens (including phenoxy) is 1. The Morgan fingerprint density at radius 1 is 1.28 bits per heavy atom. The molecule has 1 aromatic rings. The van der Waals surface area contributed by atoms with Crippen molar-refractivity contribution in [3.8, 4) is 5.75 Å². The summed E-state index contributed by atoms with van der Waals surface area (Å²) in [4.78, 5) is 26.3. The van der Waals surface area contributed by atoms with Gasteiger partial charge in [0.15, 0.2) is 6.61 Å². The van der Waals surface area contributed by atoms with E-state index in [1.165, 1.54) is 16.4 Å². The van der Waals surface area contributed by atoms with Crippen molar-refractivity contribution in [3.05, 3.63) is 18.2 Å². The number of nitrogens with zero attached hydrogens (tertiary/aromatic N) is 2. The number of hydrogen-bond donors (Lipinski definition) is 1. The molecule has 0 spiro atoms. The topological polar surface area (TPSA) is 96.0 Å². The van der Waals surface area contributed by atoms with Gasteiger partial charge in [-0.05, 0) is 44.4 Å². The Morgan fingerprint density at radius 2 is 2.00 bits per heavy atom. The Hall–Kier alpha value is -2.13. The van der Waals surface area contributed by atoms with Crippen molar-refractivity contribution in [1.29, 1.82) is 0 Å². The second kappa shape index (κ2) is 9.13. The molecule has 0 aliphatic carbocycles. The first-order chi connectivity index (χ1) is 13.9. The summed E-state index contributed by atoms with van der Waals surface area (Å²) in [6.07, 6.45) is 3.05. The number of carbonyl (C=O) groups is 2. The van der Waals surface area contributed by atoms with Crippen LogP contribution in [0.3, 0.4) is 0 Å². The first kappa shape index (κ1) is 21.6. The van der Waals surface area contributed by atoms with Gasteiger partial charge in [0.25, 0.3) is 5.91 Å². The summed E-state index contributed by atoms with van der Waals surface area (Å²) in [5, 5.41) is 2.64. The zero-order chi connectivity index (χ0) is 21.0. The average Bonchev–Trinajstić information content (AvgIpc) is 2.73. The van der Waals surface area contributed by atoms with Crippen molar-refractivity contribution in [3.63, 3.8) is 0 Å². The molecule has 1 aromatic carbocycles. The number of benzene rings is 1. The number of rotatable bonds is 7. The van der Waals surface area contributed by atoms with Gasteiger partial charge in [0.05, 0.1) is 10.6 Å². The molecule has 0 atom stereocenters. The van der Waals surface area contributed by atoms with E-state index in [1.807, 2.05) is 11.8 Å². The Balaban J connectivity index is 1.66. The zero-order valence-corrected chi connectivity index (χ0v) is 17.8. The molecular formula is C20H29N3O5S. The van der Waals surface area contributed by atoms with Crippen LogP contribution in [0.5, 0.6) is 5.75 Å². The van der Waals surface area contributed by atoms with Crippen LogP contribution in [0.25, 0.3) is 0 Å². The highest BCUT2D eigenvalue weighted by atomic mass is 32.2. The molecule has 9 heteroatoms. The molecule has 0 bridgehead atoms. The fourth-order valence-corrected chi connectivity index (χ4v) is 5.24. The predicted molar refractivity (Wildman–Crippen MR) is 109 cm³/mol. The minimum atomic E-state index is -3.70. The molecule has 0 radical (unpaired) electrons. The van der Waals surface area contributed by atoms with Gasteiger partial charge in [-0.1, -0.05) is 13.3 Å². The highest BCUT2D eigenvalue weighted by molar-refractivity contribution is 7.89. The first-order valence-corrected chi connectivity index (χ1v) is 11.7. The summed E-state index contributed by atoms with van der Waals surface area (Å²) in [6, 6.07) is 4.49. The summed E-state index contributed by atoms with van der Waals surface area (Å²) in [5.74, 6) is 0.149. The quantitative estimate of drug-likeness (QED) is 0.724. The average molecular weight is 424 g/mol. The summed E-state index contributed by atoms with van der Waals surface area (Å²) in [7, 11) is -3.70. The van der Waals surface area contributed by atoms with E-state index in [2.05, 4.69) is 12.2 Å². The zero-order valence-electron chi connectivity index (χ0n) is 17.0. The fourth-order valence-electron chi connectivity index (χ4n) is 3.75. The Morgan fingerprint density at radius 3 is 2.66 bits per heavy atom. The minimum absolute atomic E-state index is 0.0757. The van der Waals surface area contributed by atoms with E-state index in [4.69, 9.17) is 4.74 Å². The maximum absolute atomic E-state index is 13.0. The molecule has 0 saturated carbocycles. The van der Waals surface area contributed by atoms with Gasteiger partial charge in [-0.2, -0.15) is 4.31 Å². The number of nitrogens with one attached hydrogen (secondary N) is 1. The van der Waals surface area contributed by atoms with Crippen LogP contribution in [0, 0.1) is 5.92 Å². The monoisotopic (exact) mass is 423 g/mol. The maximum Gasteiger partial charge on any atom is 0.262 e. The van der Waals surface area contributed by atoms with E-state index in [1.54, 1.807) is 6.07 Å². The standard InChI is InChI=1S/C20H29N3O5S/c1-3-5-10-22(4-2)20(25)15-8-11-23(12-9-15)29(26,27)16-6-7-18-17(13-16)21-19(24)14-28-18/h6-7,13,15H,3-5,8-12,14H2,1-2H3,(H,21,24). The Bertz CT molecular complexity index is 863.